The zero-order valence-corrected chi connectivity index (χ0v) is 24.7. The fourth-order valence-corrected chi connectivity index (χ4v) is 6.98. The molecule has 2 aliphatic rings. The second-order valence-corrected chi connectivity index (χ2v) is 14.1. The molecule has 4 aromatic rings. The number of carbonyl (C=O) groups is 1. The third kappa shape index (κ3) is 4.48. The number of ether oxygens (including phenoxy) is 1. The van der Waals surface area contributed by atoms with Gasteiger partial charge < -0.3 is 9.64 Å². The van der Waals surface area contributed by atoms with Crippen molar-refractivity contribution in [2.75, 3.05) is 13.1 Å². The molecule has 2 aromatic heterocycles. The molecule has 0 N–H and O–H groups in total. The van der Waals surface area contributed by atoms with Crippen molar-refractivity contribution in [3.63, 3.8) is 0 Å². The van der Waals surface area contributed by atoms with Crippen LogP contribution in [-0.4, -0.2) is 78.4 Å². The van der Waals surface area contributed by atoms with E-state index in [9.17, 15) is 13.2 Å². The third-order valence-electron chi connectivity index (χ3n) is 8.12. The highest BCUT2D eigenvalue weighted by molar-refractivity contribution is 7.89. The Morgan fingerprint density at radius 1 is 1.12 bits per heavy atom. The number of nitrogens with zero attached hydrogens (tertiary/aromatic N) is 5. The number of hydrogen-bond acceptors (Lipinski definition) is 6. The van der Waals surface area contributed by atoms with Gasteiger partial charge >= 0.3 is 0 Å². The molecule has 0 saturated carbocycles. The summed E-state index contributed by atoms with van der Waals surface area (Å²) < 4.78 is 65.0. The van der Waals surface area contributed by atoms with Crippen LogP contribution in [0.5, 0.6) is 5.75 Å². The van der Waals surface area contributed by atoms with Crippen LogP contribution in [0.25, 0.3) is 22.0 Å². The Bertz CT molecular complexity index is 1840. The summed E-state index contributed by atoms with van der Waals surface area (Å²) >= 11 is 0. The van der Waals surface area contributed by atoms with E-state index in [1.54, 1.807) is 77.9 Å². The molecule has 1 fully saturated rings. The lowest BCUT2D eigenvalue weighted by Crippen LogP contribution is -2.57. The van der Waals surface area contributed by atoms with E-state index < -0.39 is 32.2 Å². The highest BCUT2D eigenvalue weighted by atomic mass is 32.2. The maximum atomic E-state index is 15.6. The second-order valence-electron chi connectivity index (χ2n) is 11.6. The van der Waals surface area contributed by atoms with Gasteiger partial charge in [-0.1, -0.05) is 0 Å². The van der Waals surface area contributed by atoms with Crippen LogP contribution in [0.15, 0.2) is 48.8 Å². The highest BCUT2D eigenvalue weighted by Gasteiger charge is 2.44. The topological polar surface area (TPSA) is 97.6 Å². The standard InChI is InChI=1S/C28H29B2F2N5O4S/c1-15(2)42(39,40)36-11-17(12-36)41-24-7-6-18(20-13-35(3)34-25(20)24)16-9-22(31)21(23(32)10-16)14-37-27(38)19-5-4-8-33-26(19)28(37,29)30/h4-10,13,15,17H,11-12,14,29-30H2,1-3H3. The first-order valence-corrected chi connectivity index (χ1v) is 15.2. The van der Waals surface area contributed by atoms with Gasteiger partial charge in [-0.15, -0.1) is 0 Å². The largest absolute Gasteiger partial charge is 0.485 e. The van der Waals surface area contributed by atoms with Crippen molar-refractivity contribution in [3.8, 4) is 16.9 Å². The molecule has 2 aliphatic heterocycles. The minimum Gasteiger partial charge on any atom is -0.485 e. The number of amides is 1. The molecule has 42 heavy (non-hydrogen) atoms. The first-order chi connectivity index (χ1) is 19.8. The Labute approximate surface area is 244 Å². The van der Waals surface area contributed by atoms with E-state index in [0.29, 0.717) is 39.0 Å². The molecule has 0 bridgehead atoms. The zero-order chi connectivity index (χ0) is 30.1. The quantitative estimate of drug-likeness (QED) is 0.304. The summed E-state index contributed by atoms with van der Waals surface area (Å²) in [5.74, 6) is -1.40. The van der Waals surface area contributed by atoms with Gasteiger partial charge in [0.15, 0.2) is 0 Å². The number of sulfonamides is 1. The second kappa shape index (κ2) is 9.91. The number of aromatic nitrogens is 3. The van der Waals surface area contributed by atoms with Crippen molar-refractivity contribution in [2.24, 2.45) is 7.05 Å². The Balaban J connectivity index is 1.28. The molecule has 0 radical (unpaired) electrons. The van der Waals surface area contributed by atoms with E-state index in [0.717, 1.165) is 0 Å². The summed E-state index contributed by atoms with van der Waals surface area (Å²) in [6.45, 7) is 3.51. The molecule has 1 amide bonds. The first-order valence-electron chi connectivity index (χ1n) is 13.7. The smallest absolute Gasteiger partial charge is 0.255 e. The van der Waals surface area contributed by atoms with E-state index in [4.69, 9.17) is 4.74 Å². The molecule has 2 aromatic carbocycles. The van der Waals surface area contributed by atoms with Crippen molar-refractivity contribution in [2.45, 2.75) is 37.1 Å². The predicted octanol–water partition coefficient (Wildman–Crippen LogP) is 1.75. The summed E-state index contributed by atoms with van der Waals surface area (Å²) in [5.41, 5.74) is 2.16. The summed E-state index contributed by atoms with van der Waals surface area (Å²) in [7, 11) is 2.00. The Morgan fingerprint density at radius 3 is 2.45 bits per heavy atom. The lowest BCUT2D eigenvalue weighted by atomic mass is 9.59. The average molecular weight is 591 g/mol. The van der Waals surface area contributed by atoms with Crippen LogP contribution < -0.4 is 4.74 Å². The van der Waals surface area contributed by atoms with E-state index in [-0.39, 0.29) is 37.2 Å². The zero-order valence-electron chi connectivity index (χ0n) is 23.9. The lowest BCUT2D eigenvalue weighted by Gasteiger charge is -2.38. The number of aryl methyl sites for hydroxylation is 1. The minimum absolute atomic E-state index is 0.207. The maximum absolute atomic E-state index is 15.6. The van der Waals surface area contributed by atoms with Crippen molar-refractivity contribution in [1.29, 1.82) is 0 Å². The normalized spacial score (nSPS) is 17.2. The molecule has 0 aliphatic carbocycles. The number of rotatable bonds is 7. The number of fused-ring (bicyclic) bond motifs is 2. The third-order valence-corrected chi connectivity index (χ3v) is 10.3. The monoisotopic (exact) mass is 591 g/mol. The van der Waals surface area contributed by atoms with Gasteiger partial charge in [-0.25, -0.2) is 17.2 Å². The Morgan fingerprint density at radius 2 is 1.81 bits per heavy atom. The molecule has 9 nitrogen and oxygen atoms in total. The summed E-state index contributed by atoms with van der Waals surface area (Å²) in [5, 5.41) is 3.79. The van der Waals surface area contributed by atoms with Gasteiger partial charge in [0.05, 0.1) is 36.1 Å². The van der Waals surface area contributed by atoms with Gasteiger partial charge in [0.2, 0.25) is 10.0 Å². The summed E-state index contributed by atoms with van der Waals surface area (Å²) in [6.07, 6.45) is 3.01. The number of carbonyl (C=O) groups excluding carboxylic acids is 1. The average Bonchev–Trinajstić information content (AvgIpc) is 3.38. The van der Waals surface area contributed by atoms with Crippen LogP contribution in [-0.2, 0) is 29.0 Å². The van der Waals surface area contributed by atoms with Gasteiger partial charge in [0, 0.05) is 35.7 Å². The predicted molar refractivity (Wildman–Crippen MR) is 159 cm³/mol. The van der Waals surface area contributed by atoms with E-state index in [1.165, 1.54) is 21.3 Å². The van der Waals surface area contributed by atoms with Gasteiger partial charge in [0.1, 0.15) is 44.7 Å². The van der Waals surface area contributed by atoms with Crippen LogP contribution in [0, 0.1) is 11.6 Å². The molecule has 216 valence electrons. The fourth-order valence-electron chi connectivity index (χ4n) is 5.63. The number of pyridine rings is 1. The molecule has 0 spiro atoms. The van der Waals surface area contributed by atoms with Gasteiger partial charge in [-0.3, -0.25) is 14.5 Å². The molecular formula is C28H29B2F2N5O4S. The van der Waals surface area contributed by atoms with Crippen LogP contribution in [0.3, 0.4) is 0 Å². The van der Waals surface area contributed by atoms with Gasteiger partial charge in [0.25, 0.3) is 5.91 Å². The van der Waals surface area contributed by atoms with Crippen LogP contribution >= 0.6 is 0 Å². The van der Waals surface area contributed by atoms with Crippen LogP contribution in [0.1, 0.15) is 35.5 Å². The number of benzene rings is 2. The molecule has 14 heteroatoms. The van der Waals surface area contributed by atoms with Gasteiger partial charge in [-0.05, 0) is 61.4 Å². The SMILES string of the molecule is BC1(B)c2ncccc2C(=O)N1Cc1c(F)cc(-c2ccc(OC3CN(S(=O)(=O)C(C)C)C3)c3nn(C)cc23)cc1F. The Hall–Kier alpha value is -3.77. The molecular weight excluding hydrogens is 562 g/mol. The highest BCUT2D eigenvalue weighted by Crippen LogP contribution is 2.38. The Kier molecular flexibility index (Phi) is 6.69. The van der Waals surface area contributed by atoms with Crippen molar-refractivity contribution in [3.05, 3.63) is 77.2 Å². The maximum Gasteiger partial charge on any atom is 0.255 e. The first kappa shape index (κ1) is 28.4. The number of halogens is 2. The molecule has 0 unspecified atom stereocenters. The van der Waals surface area contributed by atoms with Crippen molar-refractivity contribution < 1.29 is 26.7 Å². The van der Waals surface area contributed by atoms with Crippen molar-refractivity contribution in [1.82, 2.24) is 24.0 Å². The summed E-state index contributed by atoms with van der Waals surface area (Å²) in [6, 6.07) is 9.26. The molecule has 1 saturated heterocycles. The van der Waals surface area contributed by atoms with Crippen LogP contribution in [0.4, 0.5) is 8.78 Å². The number of hydrogen-bond donors (Lipinski definition) is 0. The van der Waals surface area contributed by atoms with E-state index >= 15 is 8.78 Å². The van der Waals surface area contributed by atoms with Crippen molar-refractivity contribution >= 4 is 42.5 Å². The molecule has 0 atom stereocenters. The fraction of sp³-hybridized carbons (Fsp3) is 0.321. The molecule has 6 rings (SSSR count). The van der Waals surface area contributed by atoms with Crippen LogP contribution in [0.2, 0.25) is 0 Å². The summed E-state index contributed by atoms with van der Waals surface area (Å²) in [4.78, 5) is 18.9. The lowest BCUT2D eigenvalue weighted by molar-refractivity contribution is 0.0727. The minimum atomic E-state index is -3.35. The van der Waals surface area contributed by atoms with Gasteiger partial charge in [-0.2, -0.15) is 9.40 Å². The molecule has 4 heterocycles. The van der Waals surface area contributed by atoms with E-state index in [1.807, 2.05) is 0 Å². The van der Waals surface area contributed by atoms with E-state index in [2.05, 4.69) is 10.1 Å².